The zero-order chi connectivity index (χ0) is 17.3. The molecule has 0 atom stereocenters. The van der Waals surface area contributed by atoms with E-state index in [1.54, 1.807) is 12.1 Å². The van der Waals surface area contributed by atoms with E-state index in [4.69, 9.17) is 0 Å². The number of pyridine rings is 1. The molecule has 24 heavy (non-hydrogen) atoms. The first kappa shape index (κ1) is 16.0. The molecule has 0 unspecified atom stereocenters. The second kappa shape index (κ2) is 6.32. The zero-order valence-electron chi connectivity index (χ0n) is 14.1. The fourth-order valence-electron chi connectivity index (χ4n) is 2.93. The van der Waals surface area contributed by atoms with Crippen LogP contribution in [0.1, 0.15) is 22.4 Å². The summed E-state index contributed by atoms with van der Waals surface area (Å²) < 4.78 is 0. The molecule has 2 aromatic carbocycles. The molecule has 1 amide bonds. The SMILES string of the molecule is Cc1ccc(NC(=O)Cc2c(C)nc3ccccc3c2C)c(O)c1. The number of aromatic hydroxyl groups is 1. The summed E-state index contributed by atoms with van der Waals surface area (Å²) in [6.07, 6.45) is 0.225. The number of carbonyl (C=O) groups is 1. The van der Waals surface area contributed by atoms with Crippen LogP contribution in [0.25, 0.3) is 10.9 Å². The Kier molecular flexibility index (Phi) is 4.21. The Morgan fingerprint density at radius 1 is 1.12 bits per heavy atom. The van der Waals surface area contributed by atoms with E-state index in [1.807, 2.05) is 51.1 Å². The number of fused-ring (bicyclic) bond motifs is 1. The minimum atomic E-state index is -0.169. The molecule has 3 rings (SSSR count). The Labute approximate surface area is 141 Å². The molecule has 0 fully saturated rings. The summed E-state index contributed by atoms with van der Waals surface area (Å²) in [5, 5.41) is 13.8. The van der Waals surface area contributed by atoms with Crippen LogP contribution in [0, 0.1) is 20.8 Å². The fourth-order valence-corrected chi connectivity index (χ4v) is 2.93. The lowest BCUT2D eigenvalue weighted by Crippen LogP contribution is -2.16. The molecular weight excluding hydrogens is 300 g/mol. The Balaban J connectivity index is 1.88. The number of carbonyl (C=O) groups excluding carboxylic acids is 1. The first-order chi connectivity index (χ1) is 11.5. The number of nitrogens with one attached hydrogen (secondary N) is 1. The van der Waals surface area contributed by atoms with Gasteiger partial charge in [0, 0.05) is 11.1 Å². The van der Waals surface area contributed by atoms with E-state index in [0.717, 1.165) is 33.3 Å². The Hall–Kier alpha value is -2.88. The van der Waals surface area contributed by atoms with E-state index in [0.29, 0.717) is 5.69 Å². The third-order valence-electron chi connectivity index (χ3n) is 4.25. The minimum Gasteiger partial charge on any atom is -0.506 e. The molecule has 4 heteroatoms. The third-order valence-corrected chi connectivity index (χ3v) is 4.25. The quantitative estimate of drug-likeness (QED) is 0.716. The highest BCUT2D eigenvalue weighted by Gasteiger charge is 2.14. The molecule has 2 N–H and O–H groups in total. The first-order valence-electron chi connectivity index (χ1n) is 7.90. The third kappa shape index (κ3) is 3.08. The number of benzene rings is 2. The van der Waals surface area contributed by atoms with Crippen LogP contribution in [0.15, 0.2) is 42.5 Å². The van der Waals surface area contributed by atoms with Crippen molar-refractivity contribution < 1.29 is 9.90 Å². The molecule has 0 bridgehead atoms. The average molecular weight is 320 g/mol. The van der Waals surface area contributed by atoms with Crippen LogP contribution in [0.4, 0.5) is 5.69 Å². The maximum Gasteiger partial charge on any atom is 0.228 e. The van der Waals surface area contributed by atoms with Crippen molar-refractivity contribution in [1.29, 1.82) is 0 Å². The van der Waals surface area contributed by atoms with Crippen molar-refractivity contribution in [3.8, 4) is 5.75 Å². The average Bonchev–Trinajstić information content (AvgIpc) is 2.54. The van der Waals surface area contributed by atoms with Crippen molar-refractivity contribution >= 4 is 22.5 Å². The highest BCUT2D eigenvalue weighted by atomic mass is 16.3. The molecule has 0 aliphatic rings. The number of para-hydroxylation sites is 1. The Morgan fingerprint density at radius 3 is 2.62 bits per heavy atom. The lowest BCUT2D eigenvalue weighted by Gasteiger charge is -2.13. The van der Waals surface area contributed by atoms with Crippen molar-refractivity contribution in [2.24, 2.45) is 0 Å². The Bertz CT molecular complexity index is 932. The molecule has 122 valence electrons. The largest absolute Gasteiger partial charge is 0.506 e. The van der Waals surface area contributed by atoms with Gasteiger partial charge in [0.2, 0.25) is 5.91 Å². The number of aryl methyl sites for hydroxylation is 3. The van der Waals surface area contributed by atoms with Crippen LogP contribution in [-0.4, -0.2) is 16.0 Å². The number of amides is 1. The number of hydrogen-bond donors (Lipinski definition) is 2. The molecule has 0 radical (unpaired) electrons. The van der Waals surface area contributed by atoms with Crippen LogP contribution in [0.2, 0.25) is 0 Å². The summed E-state index contributed by atoms with van der Waals surface area (Å²) in [6, 6.07) is 13.1. The number of aromatic nitrogens is 1. The summed E-state index contributed by atoms with van der Waals surface area (Å²) >= 11 is 0. The second-order valence-electron chi connectivity index (χ2n) is 6.06. The van der Waals surface area contributed by atoms with Gasteiger partial charge in [0.25, 0.3) is 0 Å². The standard InChI is InChI=1S/C20H20N2O2/c1-12-8-9-18(19(23)10-12)22-20(24)11-16-13(2)15-6-4-5-7-17(15)21-14(16)3/h4-10,23H,11H2,1-3H3,(H,22,24). The van der Waals surface area contributed by atoms with Crippen molar-refractivity contribution in [1.82, 2.24) is 4.98 Å². The summed E-state index contributed by atoms with van der Waals surface area (Å²) in [5.41, 5.74) is 5.16. The van der Waals surface area contributed by atoms with E-state index in [2.05, 4.69) is 10.3 Å². The molecule has 0 aliphatic heterocycles. The van der Waals surface area contributed by atoms with Crippen molar-refractivity contribution in [3.05, 3.63) is 64.8 Å². The van der Waals surface area contributed by atoms with E-state index in [9.17, 15) is 9.90 Å². The van der Waals surface area contributed by atoms with Gasteiger partial charge in [-0.05, 0) is 55.7 Å². The van der Waals surface area contributed by atoms with Crippen LogP contribution < -0.4 is 5.32 Å². The number of phenolic OH excluding ortho intramolecular Hbond substituents is 1. The maximum atomic E-state index is 12.4. The molecule has 4 nitrogen and oxygen atoms in total. The summed E-state index contributed by atoms with van der Waals surface area (Å²) in [4.78, 5) is 17.0. The normalized spacial score (nSPS) is 10.8. The van der Waals surface area contributed by atoms with Gasteiger partial charge in [0.1, 0.15) is 5.75 Å². The van der Waals surface area contributed by atoms with E-state index in [-0.39, 0.29) is 18.1 Å². The lowest BCUT2D eigenvalue weighted by atomic mass is 9.99. The molecule has 0 spiro atoms. The Morgan fingerprint density at radius 2 is 1.88 bits per heavy atom. The maximum absolute atomic E-state index is 12.4. The van der Waals surface area contributed by atoms with Gasteiger partial charge in [-0.1, -0.05) is 24.3 Å². The van der Waals surface area contributed by atoms with Gasteiger partial charge < -0.3 is 10.4 Å². The van der Waals surface area contributed by atoms with Gasteiger partial charge in [-0.3, -0.25) is 9.78 Å². The van der Waals surface area contributed by atoms with Gasteiger partial charge >= 0.3 is 0 Å². The summed E-state index contributed by atoms with van der Waals surface area (Å²) in [7, 11) is 0. The zero-order valence-corrected chi connectivity index (χ0v) is 14.1. The molecule has 3 aromatic rings. The number of anilines is 1. The highest BCUT2D eigenvalue weighted by Crippen LogP contribution is 2.26. The number of hydrogen-bond acceptors (Lipinski definition) is 3. The first-order valence-corrected chi connectivity index (χ1v) is 7.90. The van der Waals surface area contributed by atoms with Gasteiger partial charge in [-0.15, -0.1) is 0 Å². The van der Waals surface area contributed by atoms with Crippen LogP contribution >= 0.6 is 0 Å². The number of phenols is 1. The minimum absolute atomic E-state index is 0.0773. The number of rotatable bonds is 3. The van der Waals surface area contributed by atoms with E-state index in [1.165, 1.54) is 0 Å². The molecule has 0 saturated heterocycles. The lowest BCUT2D eigenvalue weighted by molar-refractivity contribution is -0.115. The van der Waals surface area contributed by atoms with E-state index >= 15 is 0 Å². The van der Waals surface area contributed by atoms with Crippen LogP contribution in [0.3, 0.4) is 0 Å². The van der Waals surface area contributed by atoms with Crippen molar-refractivity contribution in [3.63, 3.8) is 0 Å². The predicted molar refractivity (Wildman–Crippen MR) is 96.4 cm³/mol. The monoisotopic (exact) mass is 320 g/mol. The van der Waals surface area contributed by atoms with Gasteiger partial charge in [0.05, 0.1) is 17.6 Å². The van der Waals surface area contributed by atoms with Crippen LogP contribution in [-0.2, 0) is 11.2 Å². The molecule has 0 aliphatic carbocycles. The highest BCUT2D eigenvalue weighted by molar-refractivity contribution is 5.95. The molecule has 0 saturated carbocycles. The van der Waals surface area contributed by atoms with Crippen LogP contribution in [0.5, 0.6) is 5.75 Å². The van der Waals surface area contributed by atoms with Gasteiger partial charge in [-0.25, -0.2) is 0 Å². The molecule has 1 heterocycles. The van der Waals surface area contributed by atoms with Gasteiger partial charge in [0.15, 0.2) is 0 Å². The van der Waals surface area contributed by atoms with Crippen molar-refractivity contribution in [2.45, 2.75) is 27.2 Å². The van der Waals surface area contributed by atoms with E-state index < -0.39 is 0 Å². The molecular formula is C20H20N2O2. The van der Waals surface area contributed by atoms with Crippen molar-refractivity contribution in [2.75, 3.05) is 5.32 Å². The predicted octanol–water partition coefficient (Wildman–Crippen LogP) is 4.05. The van der Waals surface area contributed by atoms with Gasteiger partial charge in [-0.2, -0.15) is 0 Å². The number of nitrogens with zero attached hydrogens (tertiary/aromatic N) is 1. The second-order valence-corrected chi connectivity index (χ2v) is 6.06. The molecule has 1 aromatic heterocycles. The topological polar surface area (TPSA) is 62.2 Å². The smallest absolute Gasteiger partial charge is 0.228 e. The fraction of sp³-hybridized carbons (Fsp3) is 0.200. The summed E-state index contributed by atoms with van der Waals surface area (Å²) in [5.74, 6) is -0.0918. The summed E-state index contributed by atoms with van der Waals surface area (Å²) in [6.45, 7) is 5.83.